The molecule has 0 saturated heterocycles. The van der Waals surface area contributed by atoms with E-state index in [9.17, 15) is 0 Å². The van der Waals surface area contributed by atoms with Crippen LogP contribution < -0.4 is 5.32 Å². The van der Waals surface area contributed by atoms with Gasteiger partial charge < -0.3 is 5.32 Å². The van der Waals surface area contributed by atoms with Gasteiger partial charge >= 0.3 is 0 Å². The van der Waals surface area contributed by atoms with Crippen LogP contribution in [0.5, 0.6) is 0 Å². The Morgan fingerprint density at radius 1 is 0.958 bits per heavy atom. The van der Waals surface area contributed by atoms with Crippen molar-refractivity contribution in [1.82, 2.24) is 0 Å². The largest absolute Gasteiger partial charge is 0.384 e. The van der Waals surface area contributed by atoms with Gasteiger partial charge in [-0.05, 0) is 41.4 Å². The molecule has 1 aliphatic rings. The highest BCUT2D eigenvalue weighted by molar-refractivity contribution is 5.91. The predicted octanol–water partition coefficient (Wildman–Crippen LogP) is 6.04. The molecule has 0 spiro atoms. The van der Waals surface area contributed by atoms with Crippen LogP contribution in [0.2, 0.25) is 0 Å². The SMILES string of the molecule is CC(C)c1cccc(C(C)C)c1N=Cc1cccc2c1NCCC2. The van der Waals surface area contributed by atoms with E-state index in [0.717, 1.165) is 18.7 Å². The second kappa shape index (κ2) is 7.21. The first-order valence-electron chi connectivity index (χ1n) is 9.10. The summed E-state index contributed by atoms with van der Waals surface area (Å²) in [7, 11) is 0. The Balaban J connectivity index is 2.04. The molecular formula is C22H28N2. The molecular weight excluding hydrogens is 292 g/mol. The van der Waals surface area contributed by atoms with Gasteiger partial charge in [-0.1, -0.05) is 64.1 Å². The van der Waals surface area contributed by atoms with Gasteiger partial charge in [-0.3, -0.25) is 4.99 Å². The second-order valence-corrected chi connectivity index (χ2v) is 7.26. The second-order valence-electron chi connectivity index (χ2n) is 7.26. The number of hydrogen-bond acceptors (Lipinski definition) is 2. The van der Waals surface area contributed by atoms with Gasteiger partial charge in [0.05, 0.1) is 5.69 Å². The maximum Gasteiger partial charge on any atom is 0.0699 e. The number of anilines is 1. The fourth-order valence-electron chi connectivity index (χ4n) is 3.44. The molecule has 24 heavy (non-hydrogen) atoms. The summed E-state index contributed by atoms with van der Waals surface area (Å²) in [6, 6.07) is 13.1. The third-order valence-corrected chi connectivity index (χ3v) is 4.78. The number of nitrogens with zero attached hydrogens (tertiary/aromatic N) is 1. The summed E-state index contributed by atoms with van der Waals surface area (Å²) in [6.07, 6.45) is 4.41. The number of hydrogen-bond donors (Lipinski definition) is 1. The summed E-state index contributed by atoms with van der Waals surface area (Å²) in [5.74, 6) is 0.942. The average Bonchev–Trinajstić information content (AvgIpc) is 2.59. The molecule has 2 aromatic carbocycles. The van der Waals surface area contributed by atoms with Gasteiger partial charge in [-0.25, -0.2) is 0 Å². The van der Waals surface area contributed by atoms with Gasteiger partial charge in [0.1, 0.15) is 0 Å². The number of nitrogens with one attached hydrogen (secondary N) is 1. The van der Waals surface area contributed by atoms with E-state index in [1.54, 1.807) is 0 Å². The number of aliphatic imine (C=N–C) groups is 1. The van der Waals surface area contributed by atoms with Crippen molar-refractivity contribution < 1.29 is 0 Å². The Morgan fingerprint density at radius 2 is 1.62 bits per heavy atom. The number of rotatable bonds is 4. The molecule has 2 nitrogen and oxygen atoms in total. The van der Waals surface area contributed by atoms with Crippen molar-refractivity contribution in [3.63, 3.8) is 0 Å². The van der Waals surface area contributed by atoms with Crippen LogP contribution in [0.25, 0.3) is 0 Å². The zero-order valence-electron chi connectivity index (χ0n) is 15.3. The van der Waals surface area contributed by atoms with E-state index in [-0.39, 0.29) is 0 Å². The van der Waals surface area contributed by atoms with Crippen molar-refractivity contribution in [2.45, 2.75) is 52.4 Å². The van der Waals surface area contributed by atoms with Crippen molar-refractivity contribution >= 4 is 17.6 Å². The van der Waals surface area contributed by atoms with E-state index in [1.165, 1.54) is 34.4 Å². The van der Waals surface area contributed by atoms with E-state index in [4.69, 9.17) is 4.99 Å². The van der Waals surface area contributed by atoms with Crippen molar-refractivity contribution in [2.75, 3.05) is 11.9 Å². The molecule has 0 aromatic heterocycles. The number of para-hydroxylation sites is 2. The van der Waals surface area contributed by atoms with Crippen LogP contribution in [0.4, 0.5) is 11.4 Å². The molecule has 0 aliphatic carbocycles. The molecule has 0 unspecified atom stereocenters. The van der Waals surface area contributed by atoms with Crippen LogP contribution >= 0.6 is 0 Å². The smallest absolute Gasteiger partial charge is 0.0699 e. The minimum atomic E-state index is 0.471. The van der Waals surface area contributed by atoms with Gasteiger partial charge in [-0.2, -0.15) is 0 Å². The van der Waals surface area contributed by atoms with E-state index in [1.807, 2.05) is 6.21 Å². The summed E-state index contributed by atoms with van der Waals surface area (Å²) < 4.78 is 0. The monoisotopic (exact) mass is 320 g/mol. The molecule has 1 N–H and O–H groups in total. The van der Waals surface area contributed by atoms with Crippen LogP contribution in [0.1, 0.15) is 68.2 Å². The fraction of sp³-hybridized carbons (Fsp3) is 0.409. The Hall–Kier alpha value is -2.09. The predicted molar refractivity (Wildman–Crippen MR) is 105 cm³/mol. The Morgan fingerprint density at radius 3 is 2.29 bits per heavy atom. The zero-order valence-corrected chi connectivity index (χ0v) is 15.3. The van der Waals surface area contributed by atoms with Crippen molar-refractivity contribution in [2.24, 2.45) is 4.99 Å². The summed E-state index contributed by atoms with van der Waals surface area (Å²) in [6.45, 7) is 10.0. The maximum absolute atomic E-state index is 4.96. The normalized spacial score (nSPS) is 14.2. The average molecular weight is 320 g/mol. The van der Waals surface area contributed by atoms with Gasteiger partial charge in [0.2, 0.25) is 0 Å². The molecule has 1 heterocycles. The molecule has 1 aliphatic heterocycles. The first kappa shape index (κ1) is 16.8. The standard InChI is InChI=1S/C22H28N2/c1-15(2)19-11-6-12-20(16(3)4)22(19)24-14-18-9-5-8-17-10-7-13-23-21(17)18/h5-6,8-9,11-12,14-16,23H,7,10,13H2,1-4H3. The lowest BCUT2D eigenvalue weighted by molar-refractivity contribution is 0.829. The lowest BCUT2D eigenvalue weighted by Crippen LogP contribution is -2.13. The molecule has 2 heteroatoms. The summed E-state index contributed by atoms with van der Waals surface area (Å²) >= 11 is 0. The van der Waals surface area contributed by atoms with Crippen molar-refractivity contribution in [1.29, 1.82) is 0 Å². The Labute approximate surface area is 146 Å². The summed E-state index contributed by atoms with van der Waals surface area (Å²) in [5.41, 5.74) is 7.67. The van der Waals surface area contributed by atoms with Crippen LogP contribution in [-0.2, 0) is 6.42 Å². The minimum Gasteiger partial charge on any atom is -0.384 e. The molecule has 0 bridgehead atoms. The number of aryl methyl sites for hydroxylation is 1. The molecule has 0 radical (unpaired) electrons. The van der Waals surface area contributed by atoms with Gasteiger partial charge in [0, 0.05) is 24.0 Å². The lowest BCUT2D eigenvalue weighted by Gasteiger charge is -2.20. The summed E-state index contributed by atoms with van der Waals surface area (Å²) in [4.78, 5) is 4.96. The summed E-state index contributed by atoms with van der Waals surface area (Å²) in [5, 5.41) is 3.55. The maximum atomic E-state index is 4.96. The third kappa shape index (κ3) is 3.38. The Bertz CT molecular complexity index is 715. The minimum absolute atomic E-state index is 0.471. The van der Waals surface area contributed by atoms with Crippen LogP contribution in [0.3, 0.4) is 0 Å². The molecule has 3 rings (SSSR count). The third-order valence-electron chi connectivity index (χ3n) is 4.78. The molecule has 2 aromatic rings. The van der Waals surface area contributed by atoms with Gasteiger partial charge in [0.15, 0.2) is 0 Å². The van der Waals surface area contributed by atoms with Gasteiger partial charge in [-0.15, -0.1) is 0 Å². The number of fused-ring (bicyclic) bond motifs is 1. The number of benzene rings is 2. The van der Waals surface area contributed by atoms with E-state index in [2.05, 4.69) is 69.4 Å². The van der Waals surface area contributed by atoms with E-state index < -0.39 is 0 Å². The highest BCUT2D eigenvalue weighted by Gasteiger charge is 2.14. The molecule has 0 amide bonds. The van der Waals surface area contributed by atoms with Crippen LogP contribution in [0.15, 0.2) is 41.4 Å². The van der Waals surface area contributed by atoms with E-state index in [0.29, 0.717) is 11.8 Å². The molecule has 0 fully saturated rings. The highest BCUT2D eigenvalue weighted by atomic mass is 14.9. The quantitative estimate of drug-likeness (QED) is 0.682. The van der Waals surface area contributed by atoms with E-state index >= 15 is 0 Å². The Kier molecular flexibility index (Phi) is 5.03. The topological polar surface area (TPSA) is 24.4 Å². The zero-order chi connectivity index (χ0) is 17.1. The van der Waals surface area contributed by atoms with Crippen molar-refractivity contribution in [3.05, 3.63) is 58.7 Å². The molecule has 0 saturated carbocycles. The van der Waals surface area contributed by atoms with Crippen LogP contribution in [0, 0.1) is 0 Å². The fourth-order valence-corrected chi connectivity index (χ4v) is 3.44. The first-order valence-corrected chi connectivity index (χ1v) is 9.10. The molecule has 0 atom stereocenters. The molecule has 126 valence electrons. The lowest BCUT2D eigenvalue weighted by atomic mass is 9.93. The van der Waals surface area contributed by atoms with Gasteiger partial charge in [0.25, 0.3) is 0 Å². The highest BCUT2D eigenvalue weighted by Crippen LogP contribution is 2.35. The first-order chi connectivity index (χ1) is 11.6. The van der Waals surface area contributed by atoms with Crippen molar-refractivity contribution in [3.8, 4) is 0 Å². The van der Waals surface area contributed by atoms with Crippen LogP contribution in [-0.4, -0.2) is 12.8 Å².